The van der Waals surface area contributed by atoms with Crippen LogP contribution in [0.5, 0.6) is 0 Å². The molecule has 1 aromatic rings. The largest absolute Gasteiger partial charge is 0.373 e. The molecule has 0 atom stereocenters. The Bertz CT molecular complexity index is 366. The molecule has 0 radical (unpaired) electrons. The van der Waals surface area contributed by atoms with Crippen LogP contribution in [0.2, 0.25) is 0 Å². The Morgan fingerprint density at radius 1 is 1.60 bits per heavy atom. The molecule has 5 heteroatoms. The molecule has 1 amide bonds. The van der Waals surface area contributed by atoms with Crippen molar-refractivity contribution in [1.82, 2.24) is 10.3 Å². The number of nitrogens with zero attached hydrogens (tertiary/aromatic N) is 2. The zero-order chi connectivity index (χ0) is 10.7. The number of aromatic nitrogens is 1. The molecule has 0 aliphatic carbocycles. The lowest BCUT2D eigenvalue weighted by atomic mass is 10.3. The smallest absolute Gasteiger partial charge is 0.239 e. The zero-order valence-corrected chi connectivity index (χ0v) is 8.66. The van der Waals surface area contributed by atoms with Gasteiger partial charge in [0.25, 0.3) is 0 Å². The van der Waals surface area contributed by atoms with Crippen molar-refractivity contribution in [2.24, 2.45) is 0 Å². The predicted molar refractivity (Wildman–Crippen MR) is 59.0 cm³/mol. The van der Waals surface area contributed by atoms with E-state index in [0.29, 0.717) is 13.1 Å². The molecule has 5 nitrogen and oxygen atoms in total. The average molecular weight is 206 g/mol. The number of hydrogen-bond acceptors (Lipinski definition) is 4. The summed E-state index contributed by atoms with van der Waals surface area (Å²) < 4.78 is 0. The second-order valence-electron chi connectivity index (χ2n) is 3.42. The van der Waals surface area contributed by atoms with Crippen molar-refractivity contribution in [3.05, 3.63) is 18.3 Å². The van der Waals surface area contributed by atoms with E-state index in [4.69, 9.17) is 0 Å². The normalized spacial score (nSPS) is 16.1. The molecule has 1 aromatic heterocycles. The van der Waals surface area contributed by atoms with Gasteiger partial charge in [0.1, 0.15) is 5.82 Å². The summed E-state index contributed by atoms with van der Waals surface area (Å²) >= 11 is 0. The molecule has 0 unspecified atom stereocenters. The number of rotatable bonds is 2. The van der Waals surface area contributed by atoms with Crippen molar-refractivity contribution >= 4 is 17.4 Å². The molecule has 1 saturated heterocycles. The van der Waals surface area contributed by atoms with Gasteiger partial charge in [0.15, 0.2) is 0 Å². The summed E-state index contributed by atoms with van der Waals surface area (Å²) in [5.41, 5.74) is 1.03. The Hall–Kier alpha value is -1.78. The third kappa shape index (κ3) is 2.18. The lowest BCUT2D eigenvalue weighted by molar-refractivity contribution is -0.120. The summed E-state index contributed by atoms with van der Waals surface area (Å²) in [5.74, 6) is 0.891. The summed E-state index contributed by atoms with van der Waals surface area (Å²) in [6.45, 7) is 1.97. The fourth-order valence-corrected chi connectivity index (χ4v) is 1.61. The van der Waals surface area contributed by atoms with Crippen LogP contribution in [0.25, 0.3) is 0 Å². The summed E-state index contributed by atoms with van der Waals surface area (Å²) in [7, 11) is 1.83. The minimum absolute atomic E-state index is 0.0732. The quantitative estimate of drug-likeness (QED) is 0.718. The van der Waals surface area contributed by atoms with E-state index in [0.717, 1.165) is 18.1 Å². The van der Waals surface area contributed by atoms with Gasteiger partial charge in [0, 0.05) is 38.1 Å². The molecule has 2 heterocycles. The molecular weight excluding hydrogens is 192 g/mol. The summed E-state index contributed by atoms with van der Waals surface area (Å²) in [5, 5.41) is 5.78. The minimum Gasteiger partial charge on any atom is -0.373 e. The molecule has 1 aliphatic rings. The number of hydrogen-bond donors (Lipinski definition) is 2. The Kier molecular flexibility index (Phi) is 2.71. The van der Waals surface area contributed by atoms with Crippen LogP contribution in [-0.4, -0.2) is 37.6 Å². The fraction of sp³-hybridized carbons (Fsp3) is 0.400. The van der Waals surface area contributed by atoms with Crippen LogP contribution < -0.4 is 15.5 Å². The van der Waals surface area contributed by atoms with Crippen LogP contribution in [0.1, 0.15) is 0 Å². The van der Waals surface area contributed by atoms with Crippen LogP contribution in [0.3, 0.4) is 0 Å². The third-order valence-corrected chi connectivity index (χ3v) is 2.40. The summed E-state index contributed by atoms with van der Waals surface area (Å²) in [4.78, 5) is 17.4. The minimum atomic E-state index is 0.0732. The van der Waals surface area contributed by atoms with Gasteiger partial charge in [-0.1, -0.05) is 0 Å². The van der Waals surface area contributed by atoms with E-state index in [1.807, 2.05) is 24.1 Å². The highest BCUT2D eigenvalue weighted by Gasteiger charge is 2.16. The van der Waals surface area contributed by atoms with Crippen LogP contribution in [0, 0.1) is 0 Å². The molecule has 0 saturated carbocycles. The molecule has 0 spiro atoms. The Labute approximate surface area is 88.5 Å². The van der Waals surface area contributed by atoms with Crippen molar-refractivity contribution in [3.8, 4) is 0 Å². The number of amides is 1. The number of piperazine rings is 1. The van der Waals surface area contributed by atoms with Gasteiger partial charge in [-0.2, -0.15) is 0 Å². The number of anilines is 2. The highest BCUT2D eigenvalue weighted by molar-refractivity contribution is 5.82. The number of pyridine rings is 1. The van der Waals surface area contributed by atoms with E-state index < -0.39 is 0 Å². The van der Waals surface area contributed by atoms with Crippen molar-refractivity contribution < 1.29 is 4.79 Å². The van der Waals surface area contributed by atoms with Crippen molar-refractivity contribution in [1.29, 1.82) is 0 Å². The van der Waals surface area contributed by atoms with E-state index in [2.05, 4.69) is 15.6 Å². The van der Waals surface area contributed by atoms with E-state index in [-0.39, 0.29) is 5.91 Å². The summed E-state index contributed by atoms with van der Waals surface area (Å²) in [6, 6.07) is 3.86. The second-order valence-corrected chi connectivity index (χ2v) is 3.42. The van der Waals surface area contributed by atoms with Gasteiger partial charge < -0.3 is 15.5 Å². The number of nitrogens with one attached hydrogen (secondary N) is 2. The third-order valence-electron chi connectivity index (χ3n) is 2.40. The summed E-state index contributed by atoms with van der Waals surface area (Å²) in [6.07, 6.45) is 1.74. The monoisotopic (exact) mass is 206 g/mol. The lowest BCUT2D eigenvalue weighted by Gasteiger charge is -2.28. The number of carbonyl (C=O) groups excluding carboxylic acids is 1. The molecule has 2 rings (SSSR count). The molecule has 0 aromatic carbocycles. The SMILES string of the molecule is CNc1cc(N2CCNC(=O)C2)ccn1. The first kappa shape index (κ1) is 9.76. The van der Waals surface area contributed by atoms with Crippen molar-refractivity contribution in [2.75, 3.05) is 36.9 Å². The van der Waals surface area contributed by atoms with E-state index in [1.54, 1.807) is 6.20 Å². The first-order chi connectivity index (χ1) is 7.29. The van der Waals surface area contributed by atoms with E-state index >= 15 is 0 Å². The molecule has 15 heavy (non-hydrogen) atoms. The standard InChI is InChI=1S/C10H14N4O/c1-11-9-6-8(2-3-12-9)14-5-4-13-10(15)7-14/h2-3,6H,4-5,7H2,1H3,(H,11,12)(H,13,15). The first-order valence-electron chi connectivity index (χ1n) is 4.95. The highest BCUT2D eigenvalue weighted by Crippen LogP contribution is 2.17. The Morgan fingerprint density at radius 3 is 3.20 bits per heavy atom. The van der Waals surface area contributed by atoms with Crippen LogP contribution >= 0.6 is 0 Å². The maximum atomic E-state index is 11.2. The molecule has 2 N–H and O–H groups in total. The molecule has 0 bridgehead atoms. The maximum Gasteiger partial charge on any atom is 0.239 e. The van der Waals surface area contributed by atoms with Gasteiger partial charge in [-0.15, -0.1) is 0 Å². The van der Waals surface area contributed by atoms with E-state index in [9.17, 15) is 4.79 Å². The van der Waals surface area contributed by atoms with Gasteiger partial charge in [-0.05, 0) is 6.07 Å². The molecule has 80 valence electrons. The molecular formula is C10H14N4O. The van der Waals surface area contributed by atoms with Gasteiger partial charge >= 0.3 is 0 Å². The van der Waals surface area contributed by atoms with Crippen LogP contribution in [-0.2, 0) is 4.79 Å². The second kappa shape index (κ2) is 4.16. The Balaban J connectivity index is 2.17. The fourth-order valence-electron chi connectivity index (χ4n) is 1.61. The maximum absolute atomic E-state index is 11.2. The molecule has 1 aliphatic heterocycles. The number of carbonyl (C=O) groups is 1. The van der Waals surface area contributed by atoms with Gasteiger partial charge in [0.2, 0.25) is 5.91 Å². The topological polar surface area (TPSA) is 57.3 Å². The van der Waals surface area contributed by atoms with E-state index in [1.165, 1.54) is 0 Å². The van der Waals surface area contributed by atoms with Crippen LogP contribution in [0.15, 0.2) is 18.3 Å². The first-order valence-corrected chi connectivity index (χ1v) is 4.95. The van der Waals surface area contributed by atoms with Crippen molar-refractivity contribution in [3.63, 3.8) is 0 Å². The predicted octanol–water partition coefficient (Wildman–Crippen LogP) is 0.0595. The van der Waals surface area contributed by atoms with Crippen LogP contribution in [0.4, 0.5) is 11.5 Å². The van der Waals surface area contributed by atoms with Gasteiger partial charge in [0.05, 0.1) is 6.54 Å². The Morgan fingerprint density at radius 2 is 2.47 bits per heavy atom. The highest BCUT2D eigenvalue weighted by atomic mass is 16.2. The lowest BCUT2D eigenvalue weighted by Crippen LogP contribution is -2.47. The van der Waals surface area contributed by atoms with Crippen molar-refractivity contribution in [2.45, 2.75) is 0 Å². The van der Waals surface area contributed by atoms with Gasteiger partial charge in [-0.25, -0.2) is 4.98 Å². The average Bonchev–Trinajstić information content (AvgIpc) is 2.29. The molecule has 1 fully saturated rings. The zero-order valence-electron chi connectivity index (χ0n) is 8.66. The van der Waals surface area contributed by atoms with Gasteiger partial charge in [-0.3, -0.25) is 4.79 Å².